The average molecular weight is 252 g/mol. The van der Waals surface area contributed by atoms with Crippen molar-refractivity contribution in [3.05, 3.63) is 23.8 Å². The van der Waals surface area contributed by atoms with Crippen LogP contribution in [0.3, 0.4) is 0 Å². The summed E-state index contributed by atoms with van der Waals surface area (Å²) in [6.07, 6.45) is 0. The highest BCUT2D eigenvalue weighted by Crippen LogP contribution is 2.32. The van der Waals surface area contributed by atoms with Crippen LogP contribution in [0.4, 0.5) is 0 Å². The molecule has 1 aliphatic rings. The van der Waals surface area contributed by atoms with Gasteiger partial charge in [0, 0.05) is 0 Å². The molecule has 0 saturated carbocycles. The predicted octanol–water partition coefficient (Wildman–Crippen LogP) is 1.18. The second kappa shape index (κ2) is 4.95. The second-order valence-corrected chi connectivity index (χ2v) is 3.86. The molecule has 18 heavy (non-hydrogen) atoms. The van der Waals surface area contributed by atoms with Gasteiger partial charge in [-0.1, -0.05) is 6.07 Å². The number of esters is 1. The SMILES string of the molecule is CC(C(=O)O)C(=O)OCc1ccc2c(c1)OCO2. The van der Waals surface area contributed by atoms with Crippen molar-refractivity contribution in [1.29, 1.82) is 0 Å². The molecule has 1 atom stereocenters. The van der Waals surface area contributed by atoms with Gasteiger partial charge in [0.2, 0.25) is 6.79 Å². The van der Waals surface area contributed by atoms with Crippen molar-refractivity contribution in [2.45, 2.75) is 13.5 Å². The summed E-state index contributed by atoms with van der Waals surface area (Å²) in [6, 6.07) is 5.14. The lowest BCUT2D eigenvalue weighted by Crippen LogP contribution is -2.22. The summed E-state index contributed by atoms with van der Waals surface area (Å²) in [4.78, 5) is 21.9. The van der Waals surface area contributed by atoms with Crippen molar-refractivity contribution in [2.24, 2.45) is 5.92 Å². The topological polar surface area (TPSA) is 82.1 Å². The molecule has 1 aliphatic heterocycles. The largest absolute Gasteiger partial charge is 0.481 e. The number of carboxylic acid groups (broad SMARTS) is 1. The maximum atomic E-state index is 11.3. The van der Waals surface area contributed by atoms with Crippen molar-refractivity contribution < 1.29 is 28.9 Å². The van der Waals surface area contributed by atoms with E-state index in [1.807, 2.05) is 0 Å². The van der Waals surface area contributed by atoms with Crippen LogP contribution in [-0.4, -0.2) is 23.8 Å². The number of aliphatic carboxylic acids is 1. The molecule has 0 spiro atoms. The average Bonchev–Trinajstić information content (AvgIpc) is 2.82. The minimum Gasteiger partial charge on any atom is -0.481 e. The van der Waals surface area contributed by atoms with E-state index in [1.165, 1.54) is 6.92 Å². The standard InChI is InChI=1S/C12H12O6/c1-7(11(13)14)12(15)16-5-8-2-3-9-10(4-8)18-6-17-9/h2-4,7H,5-6H2,1H3,(H,13,14). The van der Waals surface area contributed by atoms with Gasteiger partial charge in [-0.15, -0.1) is 0 Å². The van der Waals surface area contributed by atoms with Crippen LogP contribution in [-0.2, 0) is 20.9 Å². The third-order valence-electron chi connectivity index (χ3n) is 2.54. The van der Waals surface area contributed by atoms with Crippen molar-refractivity contribution >= 4 is 11.9 Å². The van der Waals surface area contributed by atoms with Gasteiger partial charge < -0.3 is 19.3 Å². The monoisotopic (exact) mass is 252 g/mol. The molecular formula is C12H12O6. The Balaban J connectivity index is 1.94. The number of carbonyl (C=O) groups excluding carboxylic acids is 1. The molecule has 2 rings (SSSR count). The number of rotatable bonds is 4. The minimum atomic E-state index is -1.20. The lowest BCUT2D eigenvalue weighted by molar-refractivity contribution is -0.158. The number of ether oxygens (including phenoxy) is 3. The lowest BCUT2D eigenvalue weighted by atomic mass is 10.2. The summed E-state index contributed by atoms with van der Waals surface area (Å²) >= 11 is 0. The van der Waals surface area contributed by atoms with Crippen molar-refractivity contribution in [3.8, 4) is 11.5 Å². The number of carboxylic acids is 1. The molecule has 1 N–H and O–H groups in total. The van der Waals surface area contributed by atoms with Gasteiger partial charge in [0.15, 0.2) is 17.4 Å². The summed E-state index contributed by atoms with van der Waals surface area (Å²) in [6.45, 7) is 1.46. The molecule has 0 saturated heterocycles. The fourth-order valence-electron chi connectivity index (χ4n) is 1.41. The molecule has 1 aromatic carbocycles. The molecule has 1 unspecified atom stereocenters. The van der Waals surface area contributed by atoms with Crippen LogP contribution < -0.4 is 9.47 Å². The van der Waals surface area contributed by atoms with Crippen molar-refractivity contribution in [2.75, 3.05) is 6.79 Å². The fraction of sp³-hybridized carbons (Fsp3) is 0.333. The van der Waals surface area contributed by atoms with E-state index in [2.05, 4.69) is 0 Å². The van der Waals surface area contributed by atoms with Crippen LogP contribution in [0.15, 0.2) is 18.2 Å². The molecule has 0 fully saturated rings. The van der Waals surface area contributed by atoms with Gasteiger partial charge in [-0.25, -0.2) is 0 Å². The summed E-state index contributed by atoms with van der Waals surface area (Å²) in [5.41, 5.74) is 0.713. The van der Waals surface area contributed by atoms with Gasteiger partial charge in [-0.3, -0.25) is 9.59 Å². The van der Waals surface area contributed by atoms with E-state index in [0.717, 1.165) is 0 Å². The van der Waals surface area contributed by atoms with Crippen LogP contribution in [0.5, 0.6) is 11.5 Å². The van der Waals surface area contributed by atoms with Gasteiger partial charge in [0.25, 0.3) is 0 Å². The van der Waals surface area contributed by atoms with Crippen molar-refractivity contribution in [1.82, 2.24) is 0 Å². The Morgan fingerprint density at radius 2 is 2.11 bits per heavy atom. The first-order valence-corrected chi connectivity index (χ1v) is 5.36. The molecule has 96 valence electrons. The van der Waals surface area contributed by atoms with Gasteiger partial charge >= 0.3 is 11.9 Å². The van der Waals surface area contributed by atoms with E-state index in [1.54, 1.807) is 18.2 Å². The normalized spacial score (nSPS) is 14.1. The summed E-state index contributed by atoms with van der Waals surface area (Å²) < 4.78 is 15.2. The third kappa shape index (κ3) is 2.53. The van der Waals surface area contributed by atoms with Crippen LogP contribution in [0.25, 0.3) is 0 Å². The molecule has 0 aromatic heterocycles. The fourth-order valence-corrected chi connectivity index (χ4v) is 1.41. The molecule has 6 nitrogen and oxygen atoms in total. The first-order valence-electron chi connectivity index (χ1n) is 5.36. The molecule has 0 amide bonds. The highest BCUT2D eigenvalue weighted by molar-refractivity contribution is 5.93. The zero-order valence-electron chi connectivity index (χ0n) is 9.71. The highest BCUT2D eigenvalue weighted by Gasteiger charge is 2.22. The van der Waals surface area contributed by atoms with E-state index >= 15 is 0 Å². The molecule has 0 radical (unpaired) electrons. The summed E-state index contributed by atoms with van der Waals surface area (Å²) in [5, 5.41) is 8.64. The molecule has 0 bridgehead atoms. The van der Waals surface area contributed by atoms with Crippen LogP contribution in [0, 0.1) is 5.92 Å². The Morgan fingerprint density at radius 3 is 2.83 bits per heavy atom. The van der Waals surface area contributed by atoms with E-state index < -0.39 is 17.9 Å². The third-order valence-corrected chi connectivity index (χ3v) is 2.54. The zero-order chi connectivity index (χ0) is 13.1. The predicted molar refractivity (Wildman–Crippen MR) is 59.2 cm³/mol. The summed E-state index contributed by atoms with van der Waals surface area (Å²) in [5.74, 6) is -1.90. The van der Waals surface area contributed by atoms with Crippen LogP contribution in [0.1, 0.15) is 12.5 Å². The number of carbonyl (C=O) groups is 2. The number of hydrogen-bond donors (Lipinski definition) is 1. The van der Waals surface area contributed by atoms with E-state index in [0.29, 0.717) is 17.1 Å². The number of hydrogen-bond acceptors (Lipinski definition) is 5. The molecular weight excluding hydrogens is 240 g/mol. The van der Waals surface area contributed by atoms with E-state index in [4.69, 9.17) is 19.3 Å². The smallest absolute Gasteiger partial charge is 0.320 e. The molecule has 6 heteroatoms. The number of benzene rings is 1. The maximum absolute atomic E-state index is 11.3. The Bertz CT molecular complexity index is 481. The van der Waals surface area contributed by atoms with E-state index in [-0.39, 0.29) is 13.4 Å². The second-order valence-electron chi connectivity index (χ2n) is 3.86. The van der Waals surface area contributed by atoms with Gasteiger partial charge in [-0.05, 0) is 24.6 Å². The molecule has 1 heterocycles. The Labute approximate surface area is 103 Å². The Hall–Kier alpha value is -2.24. The van der Waals surface area contributed by atoms with E-state index in [9.17, 15) is 9.59 Å². The van der Waals surface area contributed by atoms with Gasteiger partial charge in [-0.2, -0.15) is 0 Å². The lowest BCUT2D eigenvalue weighted by Gasteiger charge is -2.08. The minimum absolute atomic E-state index is 0.00704. The number of fused-ring (bicyclic) bond motifs is 1. The van der Waals surface area contributed by atoms with Gasteiger partial charge in [0.1, 0.15) is 6.61 Å². The van der Waals surface area contributed by atoms with Crippen LogP contribution >= 0.6 is 0 Å². The van der Waals surface area contributed by atoms with Crippen LogP contribution in [0.2, 0.25) is 0 Å². The quantitative estimate of drug-likeness (QED) is 0.640. The Morgan fingerprint density at radius 1 is 1.39 bits per heavy atom. The molecule has 0 aliphatic carbocycles. The first-order chi connectivity index (χ1) is 8.58. The zero-order valence-corrected chi connectivity index (χ0v) is 9.71. The summed E-state index contributed by atoms with van der Waals surface area (Å²) in [7, 11) is 0. The first kappa shape index (κ1) is 12.2. The highest BCUT2D eigenvalue weighted by atomic mass is 16.7. The van der Waals surface area contributed by atoms with Gasteiger partial charge in [0.05, 0.1) is 0 Å². The Kier molecular flexibility index (Phi) is 3.36. The van der Waals surface area contributed by atoms with Crippen molar-refractivity contribution in [3.63, 3.8) is 0 Å². The maximum Gasteiger partial charge on any atom is 0.320 e. The molecule has 1 aromatic rings.